The second kappa shape index (κ2) is 7.81. The largest absolute Gasteiger partial charge is 0.355 e. The van der Waals surface area contributed by atoms with Gasteiger partial charge in [0, 0.05) is 13.5 Å². The number of aryl methyl sites for hydroxylation is 1. The highest BCUT2D eigenvalue weighted by atomic mass is 16.2. The number of nitrogens with one attached hydrogen (secondary N) is 1. The maximum Gasteiger partial charge on any atom is 0.240 e. The molecule has 4 nitrogen and oxygen atoms in total. The second-order valence-corrected chi connectivity index (χ2v) is 5.62. The van der Waals surface area contributed by atoms with Crippen LogP contribution in [0.15, 0.2) is 18.2 Å². The zero-order chi connectivity index (χ0) is 16.0. The Bertz CT molecular complexity index is 510. The van der Waals surface area contributed by atoms with E-state index in [1.54, 1.807) is 4.90 Å². The number of benzene rings is 1. The van der Waals surface area contributed by atoms with Crippen molar-refractivity contribution in [2.45, 2.75) is 47.0 Å². The number of carbonyl (C=O) groups excluding carboxylic acids is 2. The SMILES string of the molecule is CCCNC(=O)CN(C(C)=O)c1c(C)cccc1C(C)C. The summed E-state index contributed by atoms with van der Waals surface area (Å²) in [5.41, 5.74) is 2.97. The first kappa shape index (κ1) is 17.2. The number of para-hydroxylation sites is 1. The normalized spacial score (nSPS) is 10.6. The van der Waals surface area contributed by atoms with Crippen molar-refractivity contribution in [1.29, 1.82) is 0 Å². The van der Waals surface area contributed by atoms with Gasteiger partial charge in [-0.2, -0.15) is 0 Å². The number of anilines is 1. The zero-order valence-electron chi connectivity index (χ0n) is 13.7. The van der Waals surface area contributed by atoms with E-state index in [9.17, 15) is 9.59 Å². The van der Waals surface area contributed by atoms with E-state index < -0.39 is 0 Å². The van der Waals surface area contributed by atoms with Gasteiger partial charge in [-0.25, -0.2) is 0 Å². The monoisotopic (exact) mass is 290 g/mol. The van der Waals surface area contributed by atoms with Crippen LogP contribution in [-0.2, 0) is 9.59 Å². The molecule has 0 saturated heterocycles. The van der Waals surface area contributed by atoms with E-state index in [0.29, 0.717) is 12.5 Å². The molecule has 21 heavy (non-hydrogen) atoms. The molecule has 0 spiro atoms. The highest BCUT2D eigenvalue weighted by Gasteiger charge is 2.21. The number of amides is 2. The Hall–Kier alpha value is -1.84. The van der Waals surface area contributed by atoms with Crippen LogP contribution >= 0.6 is 0 Å². The van der Waals surface area contributed by atoms with Gasteiger partial charge in [0.25, 0.3) is 0 Å². The van der Waals surface area contributed by atoms with Gasteiger partial charge in [0.05, 0.1) is 5.69 Å². The third-order valence-corrected chi connectivity index (χ3v) is 3.41. The molecule has 0 aliphatic heterocycles. The van der Waals surface area contributed by atoms with E-state index in [2.05, 4.69) is 19.2 Å². The zero-order valence-corrected chi connectivity index (χ0v) is 13.7. The molecular formula is C17H26N2O2. The van der Waals surface area contributed by atoms with Crippen molar-refractivity contribution in [3.8, 4) is 0 Å². The smallest absolute Gasteiger partial charge is 0.240 e. The molecule has 0 aromatic heterocycles. The number of carbonyl (C=O) groups is 2. The lowest BCUT2D eigenvalue weighted by Gasteiger charge is -2.26. The van der Waals surface area contributed by atoms with Crippen LogP contribution in [0.25, 0.3) is 0 Å². The Morgan fingerprint density at radius 2 is 1.95 bits per heavy atom. The molecule has 0 heterocycles. The molecular weight excluding hydrogens is 264 g/mol. The number of hydrogen-bond acceptors (Lipinski definition) is 2. The summed E-state index contributed by atoms with van der Waals surface area (Å²) in [7, 11) is 0. The lowest BCUT2D eigenvalue weighted by atomic mass is 9.97. The Morgan fingerprint density at radius 3 is 2.48 bits per heavy atom. The van der Waals surface area contributed by atoms with Gasteiger partial charge in [0.15, 0.2) is 0 Å². The molecule has 1 N–H and O–H groups in total. The molecule has 1 aromatic rings. The van der Waals surface area contributed by atoms with Crippen molar-refractivity contribution in [2.75, 3.05) is 18.0 Å². The van der Waals surface area contributed by atoms with E-state index in [0.717, 1.165) is 23.2 Å². The highest BCUT2D eigenvalue weighted by molar-refractivity contribution is 5.98. The average molecular weight is 290 g/mol. The molecule has 0 aliphatic carbocycles. The van der Waals surface area contributed by atoms with Gasteiger partial charge in [0.2, 0.25) is 11.8 Å². The lowest BCUT2D eigenvalue weighted by Crippen LogP contribution is -2.40. The topological polar surface area (TPSA) is 49.4 Å². The quantitative estimate of drug-likeness (QED) is 0.875. The van der Waals surface area contributed by atoms with Crippen LogP contribution in [0.2, 0.25) is 0 Å². The molecule has 0 atom stereocenters. The predicted molar refractivity (Wildman–Crippen MR) is 86.6 cm³/mol. The van der Waals surface area contributed by atoms with E-state index in [1.165, 1.54) is 6.92 Å². The van der Waals surface area contributed by atoms with Crippen LogP contribution < -0.4 is 10.2 Å². The van der Waals surface area contributed by atoms with E-state index in [-0.39, 0.29) is 18.4 Å². The number of hydrogen-bond donors (Lipinski definition) is 1. The molecule has 0 bridgehead atoms. The standard InChI is InChI=1S/C17H26N2O2/c1-6-10-18-16(21)11-19(14(5)20)17-13(4)8-7-9-15(17)12(2)3/h7-9,12H,6,10-11H2,1-5H3,(H,18,21). The van der Waals surface area contributed by atoms with Gasteiger partial charge < -0.3 is 10.2 Å². The third kappa shape index (κ3) is 4.59. The first-order chi connectivity index (χ1) is 9.88. The fraction of sp³-hybridized carbons (Fsp3) is 0.529. The molecule has 1 rings (SSSR count). The van der Waals surface area contributed by atoms with Crippen molar-refractivity contribution in [3.63, 3.8) is 0 Å². The molecule has 0 aliphatic rings. The predicted octanol–water partition coefficient (Wildman–Crippen LogP) is 3.00. The maximum absolute atomic E-state index is 12.0. The van der Waals surface area contributed by atoms with Crippen LogP contribution in [0.4, 0.5) is 5.69 Å². The Balaban J connectivity index is 3.12. The minimum Gasteiger partial charge on any atom is -0.355 e. The summed E-state index contributed by atoms with van der Waals surface area (Å²) in [5, 5.41) is 2.82. The van der Waals surface area contributed by atoms with Crippen LogP contribution in [-0.4, -0.2) is 24.9 Å². The number of rotatable bonds is 6. The summed E-state index contributed by atoms with van der Waals surface area (Å²) in [6, 6.07) is 5.98. The van der Waals surface area contributed by atoms with E-state index >= 15 is 0 Å². The Morgan fingerprint density at radius 1 is 1.29 bits per heavy atom. The fourth-order valence-corrected chi connectivity index (χ4v) is 2.33. The van der Waals surface area contributed by atoms with Gasteiger partial charge in [-0.15, -0.1) is 0 Å². The van der Waals surface area contributed by atoms with Gasteiger partial charge in [-0.05, 0) is 30.4 Å². The highest BCUT2D eigenvalue weighted by Crippen LogP contribution is 2.30. The molecule has 0 unspecified atom stereocenters. The summed E-state index contributed by atoms with van der Waals surface area (Å²) < 4.78 is 0. The summed E-state index contributed by atoms with van der Waals surface area (Å²) in [4.78, 5) is 25.6. The van der Waals surface area contributed by atoms with Crippen LogP contribution in [0.1, 0.15) is 51.2 Å². The van der Waals surface area contributed by atoms with Crippen LogP contribution in [0.3, 0.4) is 0 Å². The molecule has 0 fully saturated rings. The van der Waals surface area contributed by atoms with Crippen molar-refractivity contribution >= 4 is 17.5 Å². The molecule has 116 valence electrons. The maximum atomic E-state index is 12.0. The van der Waals surface area contributed by atoms with Crippen LogP contribution in [0.5, 0.6) is 0 Å². The van der Waals surface area contributed by atoms with E-state index in [4.69, 9.17) is 0 Å². The number of nitrogens with zero attached hydrogens (tertiary/aromatic N) is 1. The summed E-state index contributed by atoms with van der Waals surface area (Å²) in [5.74, 6) is 0.0586. The van der Waals surface area contributed by atoms with Gasteiger partial charge in [-0.1, -0.05) is 39.0 Å². The average Bonchev–Trinajstić information content (AvgIpc) is 2.42. The molecule has 0 radical (unpaired) electrons. The summed E-state index contributed by atoms with van der Waals surface area (Å²) >= 11 is 0. The van der Waals surface area contributed by atoms with Crippen molar-refractivity contribution in [2.24, 2.45) is 0 Å². The minimum absolute atomic E-state index is 0.0694. The molecule has 1 aromatic carbocycles. The minimum atomic E-state index is -0.120. The van der Waals surface area contributed by atoms with E-state index in [1.807, 2.05) is 32.0 Å². The second-order valence-electron chi connectivity index (χ2n) is 5.62. The molecule has 0 saturated carbocycles. The van der Waals surface area contributed by atoms with Gasteiger partial charge in [0.1, 0.15) is 6.54 Å². The van der Waals surface area contributed by atoms with Crippen molar-refractivity contribution in [1.82, 2.24) is 5.32 Å². The van der Waals surface area contributed by atoms with Gasteiger partial charge in [-0.3, -0.25) is 9.59 Å². The first-order valence-corrected chi connectivity index (χ1v) is 7.52. The fourth-order valence-electron chi connectivity index (χ4n) is 2.33. The summed E-state index contributed by atoms with van der Waals surface area (Å²) in [6.07, 6.45) is 0.882. The van der Waals surface area contributed by atoms with Crippen molar-refractivity contribution in [3.05, 3.63) is 29.3 Å². The third-order valence-electron chi connectivity index (χ3n) is 3.41. The summed E-state index contributed by atoms with van der Waals surface area (Å²) in [6.45, 7) is 10.4. The molecule has 2 amide bonds. The van der Waals surface area contributed by atoms with Crippen LogP contribution in [0, 0.1) is 6.92 Å². The van der Waals surface area contributed by atoms with Gasteiger partial charge >= 0.3 is 0 Å². The first-order valence-electron chi connectivity index (χ1n) is 7.52. The lowest BCUT2D eigenvalue weighted by molar-refractivity contribution is -0.123. The molecule has 4 heteroatoms. The Labute approximate surface area is 127 Å². The van der Waals surface area contributed by atoms with Crippen molar-refractivity contribution < 1.29 is 9.59 Å². The Kier molecular flexibility index (Phi) is 6.40.